The highest BCUT2D eigenvalue weighted by Crippen LogP contribution is 2.27. The summed E-state index contributed by atoms with van der Waals surface area (Å²) in [6, 6.07) is 0. The van der Waals surface area contributed by atoms with Crippen LogP contribution in [0.2, 0.25) is 5.15 Å². The fourth-order valence-corrected chi connectivity index (χ4v) is 2.28. The van der Waals surface area contributed by atoms with Crippen molar-refractivity contribution < 1.29 is 9.90 Å². The minimum absolute atomic E-state index is 0.0203. The lowest BCUT2D eigenvalue weighted by molar-refractivity contribution is -0.137. The van der Waals surface area contributed by atoms with Crippen LogP contribution in [0.3, 0.4) is 0 Å². The molecule has 0 saturated heterocycles. The van der Waals surface area contributed by atoms with Crippen LogP contribution < -0.4 is 5.32 Å². The molecule has 6 heteroatoms. The van der Waals surface area contributed by atoms with E-state index in [1.54, 1.807) is 5.38 Å². The first kappa shape index (κ1) is 14.3. The molecule has 0 aliphatic heterocycles. The average Bonchev–Trinajstić information content (AvgIpc) is 2.61. The van der Waals surface area contributed by atoms with Crippen LogP contribution in [-0.2, 0) is 4.79 Å². The summed E-state index contributed by atoms with van der Waals surface area (Å²) in [5, 5.41) is 14.9. The molecule has 0 amide bonds. The first-order valence-electron chi connectivity index (χ1n) is 5.46. The van der Waals surface area contributed by atoms with E-state index in [2.05, 4.69) is 24.1 Å². The van der Waals surface area contributed by atoms with Gasteiger partial charge in [0.1, 0.15) is 5.15 Å². The van der Waals surface area contributed by atoms with Crippen LogP contribution in [0, 0.1) is 5.41 Å². The SMILES string of the molecule is CC(C)(CCNc1nc(Cl)cs1)CCC(=O)O. The molecular weight excluding hydrogens is 260 g/mol. The van der Waals surface area contributed by atoms with Gasteiger partial charge in [-0.15, -0.1) is 11.3 Å². The van der Waals surface area contributed by atoms with Crippen molar-refractivity contribution in [2.24, 2.45) is 5.41 Å². The molecule has 1 rings (SSSR count). The van der Waals surface area contributed by atoms with Gasteiger partial charge in [0.05, 0.1) is 0 Å². The van der Waals surface area contributed by atoms with E-state index in [1.165, 1.54) is 11.3 Å². The summed E-state index contributed by atoms with van der Waals surface area (Å²) < 4.78 is 0. The molecule has 0 aliphatic rings. The third-order valence-electron chi connectivity index (χ3n) is 2.57. The Morgan fingerprint density at radius 2 is 2.29 bits per heavy atom. The zero-order chi connectivity index (χ0) is 12.9. The Labute approximate surface area is 110 Å². The third-order valence-corrected chi connectivity index (χ3v) is 3.69. The van der Waals surface area contributed by atoms with Gasteiger partial charge in [-0.05, 0) is 18.3 Å². The maximum absolute atomic E-state index is 10.5. The van der Waals surface area contributed by atoms with Crippen LogP contribution in [0.15, 0.2) is 5.38 Å². The number of carbonyl (C=O) groups is 1. The number of hydrogen-bond donors (Lipinski definition) is 2. The van der Waals surface area contributed by atoms with Crippen LogP contribution >= 0.6 is 22.9 Å². The predicted molar refractivity (Wildman–Crippen MR) is 70.9 cm³/mol. The van der Waals surface area contributed by atoms with E-state index in [0.29, 0.717) is 11.6 Å². The first-order valence-corrected chi connectivity index (χ1v) is 6.71. The standard InChI is InChI=1S/C11H17ClN2O2S/c1-11(2,4-3-9(15)16)5-6-13-10-14-8(12)7-17-10/h7H,3-6H2,1-2H3,(H,13,14)(H,15,16). The van der Waals surface area contributed by atoms with E-state index < -0.39 is 5.97 Å². The van der Waals surface area contributed by atoms with Crippen LogP contribution in [0.1, 0.15) is 33.1 Å². The van der Waals surface area contributed by atoms with Crippen molar-refractivity contribution in [2.75, 3.05) is 11.9 Å². The molecule has 1 aromatic heterocycles. The molecule has 1 heterocycles. The summed E-state index contributed by atoms with van der Waals surface area (Å²) in [6.45, 7) is 4.93. The van der Waals surface area contributed by atoms with Crippen molar-refractivity contribution in [3.8, 4) is 0 Å². The molecule has 0 fully saturated rings. The average molecular weight is 277 g/mol. The summed E-state index contributed by atoms with van der Waals surface area (Å²) in [7, 11) is 0. The molecule has 4 nitrogen and oxygen atoms in total. The van der Waals surface area contributed by atoms with Crippen LogP contribution in [-0.4, -0.2) is 22.6 Å². The molecular formula is C11H17ClN2O2S. The first-order chi connectivity index (χ1) is 7.89. The number of anilines is 1. The summed E-state index contributed by atoms with van der Waals surface area (Å²) in [4.78, 5) is 14.6. The summed E-state index contributed by atoms with van der Waals surface area (Å²) in [5.41, 5.74) is 0.0203. The number of nitrogens with one attached hydrogen (secondary N) is 1. The summed E-state index contributed by atoms with van der Waals surface area (Å²) in [6.07, 6.45) is 1.80. The van der Waals surface area contributed by atoms with Gasteiger partial charge in [0.2, 0.25) is 0 Å². The number of hydrogen-bond acceptors (Lipinski definition) is 4. The van der Waals surface area contributed by atoms with E-state index in [1.807, 2.05) is 0 Å². The highest BCUT2D eigenvalue weighted by atomic mass is 35.5. The van der Waals surface area contributed by atoms with Crippen LogP contribution in [0.4, 0.5) is 5.13 Å². The quantitative estimate of drug-likeness (QED) is 0.800. The minimum atomic E-state index is -0.738. The minimum Gasteiger partial charge on any atom is -0.481 e. The number of aliphatic carboxylic acids is 1. The lowest BCUT2D eigenvalue weighted by Crippen LogP contribution is -2.18. The zero-order valence-electron chi connectivity index (χ0n) is 9.99. The highest BCUT2D eigenvalue weighted by molar-refractivity contribution is 7.14. The van der Waals surface area contributed by atoms with Crippen molar-refractivity contribution in [3.05, 3.63) is 10.5 Å². The van der Waals surface area contributed by atoms with Gasteiger partial charge in [-0.2, -0.15) is 0 Å². The number of thiazole rings is 1. The molecule has 0 unspecified atom stereocenters. The molecule has 0 radical (unpaired) electrons. The lowest BCUT2D eigenvalue weighted by atomic mass is 9.84. The highest BCUT2D eigenvalue weighted by Gasteiger charge is 2.18. The Hall–Kier alpha value is -0.810. The van der Waals surface area contributed by atoms with Crippen LogP contribution in [0.5, 0.6) is 0 Å². The number of rotatable bonds is 7. The number of nitrogens with zero attached hydrogens (tertiary/aromatic N) is 1. The topological polar surface area (TPSA) is 62.2 Å². The fourth-order valence-electron chi connectivity index (χ4n) is 1.41. The molecule has 17 heavy (non-hydrogen) atoms. The van der Waals surface area contributed by atoms with E-state index in [0.717, 1.165) is 18.1 Å². The Morgan fingerprint density at radius 1 is 1.59 bits per heavy atom. The van der Waals surface area contributed by atoms with Crippen molar-refractivity contribution in [3.63, 3.8) is 0 Å². The smallest absolute Gasteiger partial charge is 0.303 e. The number of halogens is 1. The maximum Gasteiger partial charge on any atom is 0.303 e. The van der Waals surface area contributed by atoms with E-state index in [-0.39, 0.29) is 11.8 Å². The number of aromatic nitrogens is 1. The third kappa shape index (κ3) is 5.89. The van der Waals surface area contributed by atoms with E-state index in [9.17, 15) is 4.79 Å². The normalized spacial score (nSPS) is 11.5. The lowest BCUT2D eigenvalue weighted by Gasteiger charge is -2.23. The van der Waals surface area contributed by atoms with Crippen molar-refractivity contribution in [1.29, 1.82) is 0 Å². The maximum atomic E-state index is 10.5. The van der Waals surface area contributed by atoms with Crippen LogP contribution in [0.25, 0.3) is 0 Å². The van der Waals surface area contributed by atoms with E-state index >= 15 is 0 Å². The van der Waals surface area contributed by atoms with Gasteiger partial charge < -0.3 is 10.4 Å². The Kier molecular flexibility index (Phi) is 5.21. The number of carboxylic acids is 1. The number of carboxylic acid groups (broad SMARTS) is 1. The Morgan fingerprint density at radius 3 is 2.82 bits per heavy atom. The molecule has 0 atom stereocenters. The zero-order valence-corrected chi connectivity index (χ0v) is 11.6. The molecule has 1 aromatic rings. The van der Waals surface area contributed by atoms with Gasteiger partial charge in [0, 0.05) is 18.3 Å². The summed E-state index contributed by atoms with van der Waals surface area (Å²) in [5.74, 6) is -0.738. The fraction of sp³-hybridized carbons (Fsp3) is 0.636. The van der Waals surface area contributed by atoms with Crippen molar-refractivity contribution in [1.82, 2.24) is 4.98 Å². The molecule has 0 bridgehead atoms. The second kappa shape index (κ2) is 6.21. The van der Waals surface area contributed by atoms with Gasteiger partial charge in [-0.25, -0.2) is 4.98 Å². The second-order valence-electron chi connectivity index (χ2n) is 4.71. The molecule has 0 spiro atoms. The van der Waals surface area contributed by atoms with Crippen molar-refractivity contribution in [2.45, 2.75) is 33.1 Å². The second-order valence-corrected chi connectivity index (χ2v) is 5.96. The monoisotopic (exact) mass is 276 g/mol. The predicted octanol–water partition coefficient (Wildman–Crippen LogP) is 3.49. The van der Waals surface area contributed by atoms with Crippen molar-refractivity contribution >= 4 is 34.0 Å². The molecule has 0 aromatic carbocycles. The van der Waals surface area contributed by atoms with Gasteiger partial charge >= 0.3 is 5.97 Å². The van der Waals surface area contributed by atoms with Gasteiger partial charge in [-0.3, -0.25) is 4.79 Å². The molecule has 2 N–H and O–H groups in total. The van der Waals surface area contributed by atoms with E-state index in [4.69, 9.17) is 16.7 Å². The molecule has 0 saturated carbocycles. The largest absolute Gasteiger partial charge is 0.481 e. The Bertz CT molecular complexity index is 379. The molecule has 96 valence electrons. The Balaban J connectivity index is 2.27. The molecule has 0 aliphatic carbocycles. The van der Waals surface area contributed by atoms with Gasteiger partial charge in [0.15, 0.2) is 5.13 Å². The van der Waals surface area contributed by atoms with Gasteiger partial charge in [-0.1, -0.05) is 25.4 Å². The summed E-state index contributed by atoms with van der Waals surface area (Å²) >= 11 is 7.18. The van der Waals surface area contributed by atoms with Gasteiger partial charge in [0.25, 0.3) is 0 Å².